The molecule has 10 nitrogen and oxygen atoms in total. The van der Waals surface area contributed by atoms with E-state index >= 15 is 0 Å². The fourth-order valence-corrected chi connectivity index (χ4v) is 2.54. The van der Waals surface area contributed by atoms with Crippen molar-refractivity contribution in [2.75, 3.05) is 20.2 Å². The first kappa shape index (κ1) is 19.9. The molecule has 0 spiro atoms. The molecule has 0 unspecified atom stereocenters. The molecule has 144 valence electrons. The van der Waals surface area contributed by atoms with Crippen molar-refractivity contribution in [2.45, 2.75) is 20.4 Å². The molecule has 1 aromatic carbocycles. The van der Waals surface area contributed by atoms with Crippen molar-refractivity contribution in [1.29, 1.82) is 0 Å². The standard InChI is InChI=1S/C17H21N5O5/c1-11-16(22(25)26)12(2)21(20-11)10-15(23)18-7-8-19-17(24)13-5-4-6-14(9-13)27-3/h4-6,9H,7-8,10H2,1-3H3,(H,18,23)(H,19,24). The van der Waals surface area contributed by atoms with Gasteiger partial charge in [0.25, 0.3) is 5.91 Å². The fourth-order valence-electron chi connectivity index (χ4n) is 2.54. The molecule has 2 N–H and O–H groups in total. The Morgan fingerprint density at radius 1 is 1.26 bits per heavy atom. The second-order valence-electron chi connectivity index (χ2n) is 5.77. The summed E-state index contributed by atoms with van der Waals surface area (Å²) in [5.74, 6) is -0.0571. The van der Waals surface area contributed by atoms with Crippen LogP contribution in [-0.2, 0) is 11.3 Å². The van der Waals surface area contributed by atoms with Crippen molar-refractivity contribution in [2.24, 2.45) is 0 Å². The van der Waals surface area contributed by atoms with Crippen LogP contribution in [0, 0.1) is 24.0 Å². The smallest absolute Gasteiger partial charge is 0.312 e. The highest BCUT2D eigenvalue weighted by molar-refractivity contribution is 5.94. The molecule has 2 rings (SSSR count). The number of ether oxygens (including phenoxy) is 1. The summed E-state index contributed by atoms with van der Waals surface area (Å²) in [6, 6.07) is 6.72. The molecule has 0 fully saturated rings. The molecule has 1 heterocycles. The summed E-state index contributed by atoms with van der Waals surface area (Å²) in [7, 11) is 1.52. The number of nitro groups is 1. The number of hydrogen-bond acceptors (Lipinski definition) is 6. The van der Waals surface area contributed by atoms with Gasteiger partial charge in [-0.3, -0.25) is 24.4 Å². The van der Waals surface area contributed by atoms with Crippen molar-refractivity contribution >= 4 is 17.5 Å². The van der Waals surface area contributed by atoms with Gasteiger partial charge in [-0.2, -0.15) is 5.10 Å². The number of aromatic nitrogens is 2. The molecule has 0 aliphatic heterocycles. The minimum absolute atomic E-state index is 0.0895. The van der Waals surface area contributed by atoms with E-state index in [0.29, 0.717) is 17.0 Å². The van der Waals surface area contributed by atoms with Crippen molar-refractivity contribution in [1.82, 2.24) is 20.4 Å². The van der Waals surface area contributed by atoms with E-state index in [2.05, 4.69) is 15.7 Å². The van der Waals surface area contributed by atoms with Gasteiger partial charge in [-0.05, 0) is 32.0 Å². The summed E-state index contributed by atoms with van der Waals surface area (Å²) in [6.07, 6.45) is 0. The molecule has 0 aliphatic rings. The zero-order chi connectivity index (χ0) is 20.0. The lowest BCUT2D eigenvalue weighted by atomic mass is 10.2. The lowest BCUT2D eigenvalue weighted by Gasteiger charge is -2.08. The molecule has 0 saturated carbocycles. The monoisotopic (exact) mass is 375 g/mol. The van der Waals surface area contributed by atoms with Gasteiger partial charge in [0, 0.05) is 18.7 Å². The average molecular weight is 375 g/mol. The van der Waals surface area contributed by atoms with Crippen LogP contribution in [-0.4, -0.2) is 46.7 Å². The van der Waals surface area contributed by atoms with Crippen LogP contribution >= 0.6 is 0 Å². The van der Waals surface area contributed by atoms with Crippen LogP contribution in [0.25, 0.3) is 0 Å². The van der Waals surface area contributed by atoms with E-state index in [1.165, 1.54) is 18.7 Å². The van der Waals surface area contributed by atoms with Crippen molar-refractivity contribution in [3.05, 3.63) is 51.3 Å². The van der Waals surface area contributed by atoms with Gasteiger partial charge < -0.3 is 15.4 Å². The number of hydrogen-bond donors (Lipinski definition) is 2. The highest BCUT2D eigenvalue weighted by atomic mass is 16.6. The van der Waals surface area contributed by atoms with Crippen LogP contribution in [0.3, 0.4) is 0 Å². The molecule has 0 radical (unpaired) electrons. The average Bonchev–Trinajstić information content (AvgIpc) is 2.91. The van der Waals surface area contributed by atoms with Gasteiger partial charge in [0.15, 0.2) is 0 Å². The molecule has 0 aliphatic carbocycles. The van der Waals surface area contributed by atoms with E-state index in [0.717, 1.165) is 0 Å². The number of carbonyl (C=O) groups is 2. The normalized spacial score (nSPS) is 10.3. The van der Waals surface area contributed by atoms with E-state index in [1.54, 1.807) is 31.2 Å². The molecule has 0 saturated heterocycles. The quantitative estimate of drug-likeness (QED) is 0.402. The third-order valence-corrected chi connectivity index (χ3v) is 3.88. The van der Waals surface area contributed by atoms with E-state index in [-0.39, 0.29) is 42.8 Å². The first-order valence-electron chi connectivity index (χ1n) is 8.20. The maximum Gasteiger partial charge on any atom is 0.312 e. The van der Waals surface area contributed by atoms with Crippen molar-refractivity contribution in [3.63, 3.8) is 0 Å². The number of rotatable bonds is 8. The molecular formula is C17H21N5O5. The van der Waals surface area contributed by atoms with Crippen LogP contribution in [0.15, 0.2) is 24.3 Å². The summed E-state index contributed by atoms with van der Waals surface area (Å²) in [5, 5.41) is 20.3. The Kier molecular flexibility index (Phi) is 6.47. The largest absolute Gasteiger partial charge is 0.497 e. The van der Waals surface area contributed by atoms with Crippen LogP contribution in [0.5, 0.6) is 5.75 Å². The van der Waals surface area contributed by atoms with Crippen molar-refractivity contribution in [3.8, 4) is 5.75 Å². The maximum absolute atomic E-state index is 12.0. The molecule has 2 amide bonds. The van der Waals surface area contributed by atoms with Gasteiger partial charge >= 0.3 is 5.69 Å². The highest BCUT2D eigenvalue weighted by Crippen LogP contribution is 2.21. The van der Waals surface area contributed by atoms with Gasteiger partial charge in [0.05, 0.1) is 12.0 Å². The van der Waals surface area contributed by atoms with Gasteiger partial charge in [0.1, 0.15) is 23.7 Å². The Hall–Kier alpha value is -3.43. The Labute approximate surface area is 155 Å². The summed E-state index contributed by atoms with van der Waals surface area (Å²) in [6.45, 7) is 3.38. The fraction of sp³-hybridized carbons (Fsp3) is 0.353. The molecule has 0 bridgehead atoms. The Morgan fingerprint density at radius 2 is 1.96 bits per heavy atom. The molecule has 0 atom stereocenters. The third kappa shape index (κ3) is 5.03. The molecular weight excluding hydrogens is 354 g/mol. The number of amides is 2. The third-order valence-electron chi connectivity index (χ3n) is 3.88. The van der Waals surface area contributed by atoms with Gasteiger partial charge in [-0.25, -0.2) is 0 Å². The van der Waals surface area contributed by atoms with Gasteiger partial charge in [-0.15, -0.1) is 0 Å². The summed E-state index contributed by atoms with van der Waals surface area (Å²) in [5.41, 5.74) is 0.943. The van der Waals surface area contributed by atoms with Gasteiger partial charge in [-0.1, -0.05) is 6.07 Å². The zero-order valence-corrected chi connectivity index (χ0v) is 15.3. The topological polar surface area (TPSA) is 128 Å². The molecule has 27 heavy (non-hydrogen) atoms. The van der Waals surface area contributed by atoms with Crippen LogP contribution in [0.4, 0.5) is 5.69 Å². The van der Waals surface area contributed by atoms with Crippen LogP contribution in [0.1, 0.15) is 21.7 Å². The predicted octanol–water partition coefficient (Wildman–Crippen LogP) is 0.963. The second kappa shape index (κ2) is 8.79. The number of methoxy groups -OCH3 is 1. The first-order valence-corrected chi connectivity index (χ1v) is 8.20. The lowest BCUT2D eigenvalue weighted by molar-refractivity contribution is -0.386. The SMILES string of the molecule is COc1cccc(C(=O)NCCNC(=O)Cn2nc(C)c([N+](=O)[O-])c2C)c1. The number of nitrogens with one attached hydrogen (secondary N) is 2. The summed E-state index contributed by atoms with van der Waals surface area (Å²) < 4.78 is 6.36. The summed E-state index contributed by atoms with van der Waals surface area (Å²) in [4.78, 5) is 34.5. The van der Waals surface area contributed by atoms with E-state index in [1.807, 2.05) is 0 Å². The second-order valence-corrected chi connectivity index (χ2v) is 5.77. The lowest BCUT2D eigenvalue weighted by Crippen LogP contribution is -2.36. The van der Waals surface area contributed by atoms with Crippen molar-refractivity contribution < 1.29 is 19.2 Å². The molecule has 1 aromatic heterocycles. The maximum atomic E-state index is 12.0. The highest BCUT2D eigenvalue weighted by Gasteiger charge is 2.22. The molecule has 2 aromatic rings. The van der Waals surface area contributed by atoms with Crippen LogP contribution in [0.2, 0.25) is 0 Å². The number of nitrogens with zero attached hydrogens (tertiary/aromatic N) is 3. The zero-order valence-electron chi connectivity index (χ0n) is 15.3. The minimum Gasteiger partial charge on any atom is -0.497 e. The first-order chi connectivity index (χ1) is 12.8. The number of benzene rings is 1. The Balaban J connectivity index is 1.80. The van der Waals surface area contributed by atoms with Crippen LogP contribution < -0.4 is 15.4 Å². The predicted molar refractivity (Wildman–Crippen MR) is 96.7 cm³/mol. The molecule has 10 heteroatoms. The van der Waals surface area contributed by atoms with E-state index in [9.17, 15) is 19.7 Å². The van der Waals surface area contributed by atoms with Gasteiger partial charge in [0.2, 0.25) is 5.91 Å². The Morgan fingerprint density at radius 3 is 2.59 bits per heavy atom. The van der Waals surface area contributed by atoms with E-state index < -0.39 is 4.92 Å². The number of carbonyl (C=O) groups excluding carboxylic acids is 2. The minimum atomic E-state index is -0.514. The number of aryl methyl sites for hydroxylation is 1. The summed E-state index contributed by atoms with van der Waals surface area (Å²) >= 11 is 0. The van der Waals surface area contributed by atoms with E-state index in [4.69, 9.17) is 4.74 Å². The Bertz CT molecular complexity index is 861.